The lowest BCUT2D eigenvalue weighted by atomic mass is 9.96. The van der Waals surface area contributed by atoms with Crippen molar-refractivity contribution in [3.05, 3.63) is 34.1 Å². The van der Waals surface area contributed by atoms with Crippen LogP contribution in [0.3, 0.4) is 0 Å². The van der Waals surface area contributed by atoms with E-state index in [4.69, 9.17) is 4.52 Å². The van der Waals surface area contributed by atoms with Crippen LogP contribution >= 0.6 is 15.9 Å². The van der Waals surface area contributed by atoms with Crippen molar-refractivity contribution in [2.24, 2.45) is 5.92 Å². The zero-order chi connectivity index (χ0) is 13.9. The van der Waals surface area contributed by atoms with Crippen molar-refractivity contribution in [1.29, 1.82) is 0 Å². The van der Waals surface area contributed by atoms with Crippen LogP contribution in [0.15, 0.2) is 27.2 Å². The number of hydrogen-bond acceptors (Lipinski definition) is 4. The fraction of sp³-hybridized carbons (Fsp3) is 0.467. The smallest absolute Gasteiger partial charge is 0.259 e. The van der Waals surface area contributed by atoms with Gasteiger partial charge in [-0.25, -0.2) is 0 Å². The van der Waals surface area contributed by atoms with Gasteiger partial charge in [0.2, 0.25) is 0 Å². The topological polar surface area (TPSA) is 51.0 Å². The average molecular weight is 336 g/mol. The monoisotopic (exact) mass is 335 g/mol. The van der Waals surface area contributed by atoms with Crippen molar-refractivity contribution < 1.29 is 4.52 Å². The van der Waals surface area contributed by atoms with Gasteiger partial charge in [-0.15, -0.1) is 0 Å². The fourth-order valence-corrected chi connectivity index (χ4v) is 3.02. The Bertz CT molecular complexity index is 591. The number of aromatic nitrogens is 2. The number of rotatable bonds is 3. The molecule has 1 unspecified atom stereocenters. The Labute approximate surface area is 127 Å². The first kappa shape index (κ1) is 13.8. The molecule has 1 saturated heterocycles. The van der Waals surface area contributed by atoms with Crippen LogP contribution in [0.2, 0.25) is 0 Å². The quantitative estimate of drug-likeness (QED) is 0.934. The molecule has 0 amide bonds. The van der Waals surface area contributed by atoms with E-state index >= 15 is 0 Å². The Balaban J connectivity index is 1.77. The molecule has 106 valence electrons. The van der Waals surface area contributed by atoms with Gasteiger partial charge in [0.05, 0.1) is 5.56 Å². The van der Waals surface area contributed by atoms with E-state index in [2.05, 4.69) is 50.4 Å². The van der Waals surface area contributed by atoms with Gasteiger partial charge in [0, 0.05) is 10.9 Å². The minimum atomic E-state index is 0.597. The molecule has 20 heavy (non-hydrogen) atoms. The highest BCUT2D eigenvalue weighted by molar-refractivity contribution is 9.10. The molecule has 4 nitrogen and oxygen atoms in total. The first-order chi connectivity index (χ1) is 9.72. The van der Waals surface area contributed by atoms with Crippen LogP contribution in [-0.2, 0) is 6.42 Å². The van der Waals surface area contributed by atoms with Crippen molar-refractivity contribution in [3.8, 4) is 11.5 Å². The van der Waals surface area contributed by atoms with Gasteiger partial charge in [-0.3, -0.25) is 0 Å². The molecule has 1 aromatic heterocycles. The SMILES string of the molecule is Cc1ccc(Br)c(-c2nc(CC3CCCNC3)no2)c1. The van der Waals surface area contributed by atoms with Gasteiger partial charge in [-0.05, 0) is 66.8 Å². The molecule has 0 bridgehead atoms. The highest BCUT2D eigenvalue weighted by atomic mass is 79.9. The Kier molecular flexibility index (Phi) is 4.17. The van der Waals surface area contributed by atoms with Gasteiger partial charge in [0.1, 0.15) is 0 Å². The summed E-state index contributed by atoms with van der Waals surface area (Å²) in [5.74, 6) is 2.02. The summed E-state index contributed by atoms with van der Waals surface area (Å²) in [7, 11) is 0. The molecule has 2 aromatic rings. The molecule has 0 aliphatic carbocycles. The van der Waals surface area contributed by atoms with Gasteiger partial charge in [-0.1, -0.05) is 16.8 Å². The Morgan fingerprint density at radius 3 is 3.15 bits per heavy atom. The Hall–Kier alpha value is -1.20. The number of nitrogens with zero attached hydrogens (tertiary/aromatic N) is 2. The zero-order valence-electron chi connectivity index (χ0n) is 11.5. The number of aryl methyl sites for hydroxylation is 1. The van der Waals surface area contributed by atoms with Gasteiger partial charge in [0.15, 0.2) is 5.82 Å². The summed E-state index contributed by atoms with van der Waals surface area (Å²) in [6.07, 6.45) is 3.36. The highest BCUT2D eigenvalue weighted by Gasteiger charge is 2.18. The summed E-state index contributed by atoms with van der Waals surface area (Å²) < 4.78 is 6.40. The molecule has 3 rings (SSSR count). The largest absolute Gasteiger partial charge is 0.334 e. The number of hydrogen-bond donors (Lipinski definition) is 1. The standard InChI is InChI=1S/C15H18BrN3O/c1-10-4-5-13(16)12(7-10)15-18-14(19-20-15)8-11-3-2-6-17-9-11/h4-5,7,11,17H,2-3,6,8-9H2,1H3. The van der Waals surface area contributed by atoms with Gasteiger partial charge >= 0.3 is 0 Å². The normalized spacial score (nSPS) is 19.2. The van der Waals surface area contributed by atoms with E-state index in [1.165, 1.54) is 18.4 Å². The van der Waals surface area contributed by atoms with E-state index in [-0.39, 0.29) is 0 Å². The Morgan fingerprint density at radius 2 is 2.35 bits per heavy atom. The second-order valence-corrected chi connectivity index (χ2v) is 6.27. The number of halogens is 1. The second kappa shape index (κ2) is 6.06. The van der Waals surface area contributed by atoms with Crippen LogP contribution in [0.1, 0.15) is 24.2 Å². The van der Waals surface area contributed by atoms with Crippen LogP contribution in [0.4, 0.5) is 0 Å². The fourth-order valence-electron chi connectivity index (χ4n) is 2.61. The molecule has 0 saturated carbocycles. The van der Waals surface area contributed by atoms with E-state index in [0.29, 0.717) is 11.8 Å². The van der Waals surface area contributed by atoms with Gasteiger partial charge < -0.3 is 9.84 Å². The van der Waals surface area contributed by atoms with Crippen molar-refractivity contribution in [3.63, 3.8) is 0 Å². The summed E-state index contributed by atoms with van der Waals surface area (Å²) in [6.45, 7) is 4.24. The number of nitrogens with one attached hydrogen (secondary N) is 1. The zero-order valence-corrected chi connectivity index (χ0v) is 13.1. The third kappa shape index (κ3) is 3.10. The van der Waals surface area contributed by atoms with Gasteiger partial charge in [0.25, 0.3) is 5.89 Å². The minimum absolute atomic E-state index is 0.597. The van der Waals surface area contributed by atoms with Crippen molar-refractivity contribution in [1.82, 2.24) is 15.5 Å². The highest BCUT2D eigenvalue weighted by Crippen LogP contribution is 2.28. The van der Waals surface area contributed by atoms with Crippen LogP contribution in [0, 0.1) is 12.8 Å². The summed E-state index contributed by atoms with van der Waals surface area (Å²) in [4.78, 5) is 4.54. The summed E-state index contributed by atoms with van der Waals surface area (Å²) in [6, 6.07) is 6.13. The van der Waals surface area contributed by atoms with Crippen molar-refractivity contribution in [2.75, 3.05) is 13.1 Å². The third-order valence-corrected chi connectivity index (χ3v) is 4.38. The number of piperidine rings is 1. The molecular weight excluding hydrogens is 318 g/mol. The molecule has 2 heterocycles. The van der Waals surface area contributed by atoms with Crippen molar-refractivity contribution in [2.45, 2.75) is 26.2 Å². The van der Waals surface area contributed by atoms with E-state index in [1.807, 2.05) is 6.07 Å². The van der Waals surface area contributed by atoms with E-state index in [9.17, 15) is 0 Å². The summed E-state index contributed by atoms with van der Waals surface area (Å²) in [5.41, 5.74) is 2.14. The molecule has 1 aliphatic heterocycles. The lowest BCUT2D eigenvalue weighted by molar-refractivity contribution is 0.360. The van der Waals surface area contributed by atoms with Crippen molar-refractivity contribution >= 4 is 15.9 Å². The van der Waals surface area contributed by atoms with Gasteiger partial charge in [-0.2, -0.15) is 4.98 Å². The lowest BCUT2D eigenvalue weighted by Gasteiger charge is -2.20. The molecule has 1 aromatic carbocycles. The summed E-state index contributed by atoms with van der Waals surface area (Å²) in [5, 5.41) is 7.54. The Morgan fingerprint density at radius 1 is 1.45 bits per heavy atom. The van der Waals surface area contributed by atoms with E-state index < -0.39 is 0 Å². The first-order valence-electron chi connectivity index (χ1n) is 7.02. The molecule has 0 spiro atoms. The van der Waals surface area contributed by atoms with E-state index in [0.717, 1.165) is 35.4 Å². The maximum Gasteiger partial charge on any atom is 0.259 e. The molecule has 1 N–H and O–H groups in total. The lowest BCUT2D eigenvalue weighted by Crippen LogP contribution is -2.31. The molecule has 5 heteroatoms. The maximum absolute atomic E-state index is 5.42. The third-order valence-electron chi connectivity index (χ3n) is 3.69. The first-order valence-corrected chi connectivity index (χ1v) is 7.81. The van der Waals surface area contributed by atoms with Crippen LogP contribution in [-0.4, -0.2) is 23.2 Å². The van der Waals surface area contributed by atoms with Crippen LogP contribution in [0.25, 0.3) is 11.5 Å². The predicted octanol–water partition coefficient (Wildman–Crippen LogP) is 3.35. The maximum atomic E-state index is 5.42. The molecule has 1 fully saturated rings. The molecule has 0 radical (unpaired) electrons. The molecular formula is C15H18BrN3O. The predicted molar refractivity (Wildman–Crippen MR) is 81.5 cm³/mol. The van der Waals surface area contributed by atoms with E-state index in [1.54, 1.807) is 0 Å². The minimum Gasteiger partial charge on any atom is -0.334 e. The molecule has 1 aliphatic rings. The second-order valence-electron chi connectivity index (χ2n) is 5.42. The van der Waals surface area contributed by atoms with Crippen LogP contribution in [0.5, 0.6) is 0 Å². The van der Waals surface area contributed by atoms with Crippen LogP contribution < -0.4 is 5.32 Å². The number of benzene rings is 1. The average Bonchev–Trinajstić information content (AvgIpc) is 2.91. The molecule has 1 atom stereocenters. The summed E-state index contributed by atoms with van der Waals surface area (Å²) >= 11 is 3.54.